The van der Waals surface area contributed by atoms with Crippen molar-refractivity contribution in [3.8, 4) is 5.75 Å². The van der Waals surface area contributed by atoms with E-state index >= 15 is 0 Å². The molecule has 0 aromatic heterocycles. The van der Waals surface area contributed by atoms with Crippen LogP contribution in [-0.2, 0) is 0 Å². The minimum absolute atomic E-state index is 0.193. The van der Waals surface area contributed by atoms with E-state index in [0.29, 0.717) is 22.3 Å². The van der Waals surface area contributed by atoms with Crippen LogP contribution < -0.4 is 10.1 Å². The average Bonchev–Trinajstić information content (AvgIpc) is 2.45. The summed E-state index contributed by atoms with van der Waals surface area (Å²) in [6.45, 7) is 2.48. The molecule has 1 unspecified atom stereocenters. The van der Waals surface area contributed by atoms with Gasteiger partial charge in [0.15, 0.2) is 0 Å². The monoisotopic (exact) mass is 325 g/mol. The highest BCUT2D eigenvalue weighted by Gasteiger charge is 2.09. The molecule has 0 bridgehead atoms. The fourth-order valence-corrected chi connectivity index (χ4v) is 2.37. The number of para-hydroxylation sites is 1. The van der Waals surface area contributed by atoms with E-state index in [1.54, 1.807) is 18.2 Å². The molecule has 0 amide bonds. The summed E-state index contributed by atoms with van der Waals surface area (Å²) in [7, 11) is 0. The summed E-state index contributed by atoms with van der Waals surface area (Å²) in [5, 5.41) is 14.0. The number of benzene rings is 2. The second kappa shape index (κ2) is 7.55. The largest absolute Gasteiger partial charge is 0.491 e. The van der Waals surface area contributed by atoms with Crippen LogP contribution >= 0.6 is 23.2 Å². The number of hydrogen-bond acceptors (Lipinski definition) is 3. The van der Waals surface area contributed by atoms with Crippen LogP contribution in [-0.4, -0.2) is 24.4 Å². The van der Waals surface area contributed by atoms with Crippen molar-refractivity contribution in [1.82, 2.24) is 0 Å². The molecular formula is C16H17Cl2NO2. The van der Waals surface area contributed by atoms with Gasteiger partial charge in [-0.05, 0) is 36.8 Å². The van der Waals surface area contributed by atoms with E-state index in [9.17, 15) is 5.11 Å². The summed E-state index contributed by atoms with van der Waals surface area (Å²) >= 11 is 12.1. The molecule has 3 nitrogen and oxygen atoms in total. The Bertz CT molecular complexity index is 584. The molecule has 0 radical (unpaired) electrons. The third-order valence-electron chi connectivity index (χ3n) is 2.91. The van der Waals surface area contributed by atoms with Crippen LogP contribution in [0.4, 0.5) is 5.69 Å². The fourth-order valence-electron chi connectivity index (χ4n) is 1.84. The van der Waals surface area contributed by atoms with E-state index in [1.807, 2.05) is 31.2 Å². The number of aliphatic hydroxyl groups is 1. The molecule has 0 heterocycles. The Labute approximate surface area is 134 Å². The van der Waals surface area contributed by atoms with Crippen molar-refractivity contribution >= 4 is 28.9 Å². The van der Waals surface area contributed by atoms with E-state index in [4.69, 9.17) is 27.9 Å². The first kappa shape index (κ1) is 16.0. The number of aryl methyl sites for hydroxylation is 1. The summed E-state index contributed by atoms with van der Waals surface area (Å²) in [6.07, 6.45) is -0.669. The summed E-state index contributed by atoms with van der Waals surface area (Å²) < 4.78 is 5.54. The van der Waals surface area contributed by atoms with Gasteiger partial charge in [0, 0.05) is 6.54 Å². The smallest absolute Gasteiger partial charge is 0.119 e. The molecule has 21 heavy (non-hydrogen) atoms. The molecule has 0 aliphatic carbocycles. The van der Waals surface area contributed by atoms with E-state index in [-0.39, 0.29) is 6.61 Å². The Balaban J connectivity index is 1.84. The van der Waals surface area contributed by atoms with Gasteiger partial charge in [0.2, 0.25) is 0 Å². The lowest BCUT2D eigenvalue weighted by Crippen LogP contribution is -2.26. The summed E-state index contributed by atoms with van der Waals surface area (Å²) in [5.41, 5.74) is 1.73. The third-order valence-corrected chi connectivity index (χ3v) is 3.54. The van der Waals surface area contributed by atoms with Crippen molar-refractivity contribution in [1.29, 1.82) is 0 Å². The summed E-state index contributed by atoms with van der Waals surface area (Å²) in [6, 6.07) is 12.9. The fraction of sp³-hybridized carbons (Fsp3) is 0.250. The van der Waals surface area contributed by atoms with Crippen LogP contribution in [0.3, 0.4) is 0 Å². The first-order chi connectivity index (χ1) is 10.1. The zero-order chi connectivity index (χ0) is 15.2. The average molecular weight is 326 g/mol. The van der Waals surface area contributed by atoms with Crippen molar-refractivity contribution < 1.29 is 9.84 Å². The maximum atomic E-state index is 9.95. The number of aliphatic hydroxyl groups excluding tert-OH is 1. The van der Waals surface area contributed by atoms with Gasteiger partial charge < -0.3 is 15.2 Å². The Hall–Kier alpha value is -1.42. The van der Waals surface area contributed by atoms with Gasteiger partial charge in [0.1, 0.15) is 18.5 Å². The second-order valence-corrected chi connectivity index (χ2v) is 5.57. The number of halogens is 2. The SMILES string of the molecule is Cc1cccc(OCC(O)CNc2c(Cl)cccc2Cl)c1. The first-order valence-corrected chi connectivity index (χ1v) is 7.37. The minimum Gasteiger partial charge on any atom is -0.491 e. The topological polar surface area (TPSA) is 41.5 Å². The van der Waals surface area contributed by atoms with E-state index in [2.05, 4.69) is 5.32 Å². The number of hydrogen-bond donors (Lipinski definition) is 2. The van der Waals surface area contributed by atoms with Crippen LogP contribution in [0.25, 0.3) is 0 Å². The Morgan fingerprint density at radius 2 is 1.81 bits per heavy atom. The van der Waals surface area contributed by atoms with Gasteiger partial charge in [0.05, 0.1) is 15.7 Å². The molecule has 5 heteroatoms. The third kappa shape index (κ3) is 4.81. The molecule has 0 fully saturated rings. The van der Waals surface area contributed by atoms with Crippen molar-refractivity contribution in [3.63, 3.8) is 0 Å². The zero-order valence-corrected chi connectivity index (χ0v) is 13.2. The van der Waals surface area contributed by atoms with Gasteiger partial charge in [-0.3, -0.25) is 0 Å². The highest BCUT2D eigenvalue weighted by molar-refractivity contribution is 6.39. The Kier molecular flexibility index (Phi) is 5.74. The molecule has 0 saturated carbocycles. The molecule has 2 aromatic rings. The van der Waals surface area contributed by atoms with Crippen LogP contribution in [0, 0.1) is 6.92 Å². The Morgan fingerprint density at radius 1 is 1.14 bits per heavy atom. The van der Waals surface area contributed by atoms with Crippen molar-refractivity contribution in [2.24, 2.45) is 0 Å². The zero-order valence-electron chi connectivity index (χ0n) is 11.6. The molecule has 0 saturated heterocycles. The second-order valence-electron chi connectivity index (χ2n) is 4.76. The van der Waals surface area contributed by atoms with Gasteiger partial charge in [-0.2, -0.15) is 0 Å². The minimum atomic E-state index is -0.669. The van der Waals surface area contributed by atoms with E-state index in [1.165, 1.54) is 0 Å². The molecule has 2 aromatic carbocycles. The molecule has 0 aliphatic heterocycles. The highest BCUT2D eigenvalue weighted by Crippen LogP contribution is 2.29. The lowest BCUT2D eigenvalue weighted by molar-refractivity contribution is 0.117. The lowest BCUT2D eigenvalue weighted by atomic mass is 10.2. The van der Waals surface area contributed by atoms with Gasteiger partial charge in [-0.15, -0.1) is 0 Å². The normalized spacial score (nSPS) is 12.0. The van der Waals surface area contributed by atoms with E-state index in [0.717, 1.165) is 11.3 Å². The molecular weight excluding hydrogens is 309 g/mol. The lowest BCUT2D eigenvalue weighted by Gasteiger charge is -2.15. The number of ether oxygens (including phenoxy) is 1. The van der Waals surface area contributed by atoms with Crippen LogP contribution in [0.1, 0.15) is 5.56 Å². The maximum absolute atomic E-state index is 9.95. The molecule has 112 valence electrons. The van der Waals surface area contributed by atoms with Gasteiger partial charge in [-0.1, -0.05) is 41.4 Å². The van der Waals surface area contributed by atoms with E-state index < -0.39 is 6.10 Å². The molecule has 0 aliphatic rings. The maximum Gasteiger partial charge on any atom is 0.119 e. The van der Waals surface area contributed by atoms with Crippen molar-refractivity contribution in [2.45, 2.75) is 13.0 Å². The van der Waals surface area contributed by atoms with Gasteiger partial charge in [0.25, 0.3) is 0 Å². The number of rotatable bonds is 6. The predicted octanol–water partition coefficient (Wildman–Crippen LogP) is 4.15. The molecule has 0 spiro atoms. The highest BCUT2D eigenvalue weighted by atomic mass is 35.5. The van der Waals surface area contributed by atoms with Gasteiger partial charge in [-0.25, -0.2) is 0 Å². The van der Waals surface area contributed by atoms with Crippen molar-refractivity contribution in [3.05, 3.63) is 58.1 Å². The summed E-state index contributed by atoms with van der Waals surface area (Å²) in [5.74, 6) is 0.741. The molecule has 1 atom stereocenters. The quantitative estimate of drug-likeness (QED) is 0.838. The molecule has 2 rings (SSSR count). The number of anilines is 1. The van der Waals surface area contributed by atoms with Crippen LogP contribution in [0.2, 0.25) is 10.0 Å². The Morgan fingerprint density at radius 3 is 2.48 bits per heavy atom. The first-order valence-electron chi connectivity index (χ1n) is 6.61. The van der Waals surface area contributed by atoms with Gasteiger partial charge >= 0.3 is 0 Å². The van der Waals surface area contributed by atoms with Crippen molar-refractivity contribution in [2.75, 3.05) is 18.5 Å². The predicted molar refractivity (Wildman–Crippen MR) is 87.6 cm³/mol. The summed E-state index contributed by atoms with van der Waals surface area (Å²) in [4.78, 5) is 0. The van der Waals surface area contributed by atoms with Crippen LogP contribution in [0.15, 0.2) is 42.5 Å². The standard InChI is InChI=1S/C16H17Cl2NO2/c1-11-4-2-5-13(8-11)21-10-12(20)9-19-16-14(17)6-3-7-15(16)18/h2-8,12,19-20H,9-10H2,1H3. The number of nitrogens with one attached hydrogen (secondary N) is 1. The molecule has 2 N–H and O–H groups in total. The van der Waals surface area contributed by atoms with Crippen LogP contribution in [0.5, 0.6) is 5.75 Å².